The highest BCUT2D eigenvalue weighted by molar-refractivity contribution is 5.91. The summed E-state index contributed by atoms with van der Waals surface area (Å²) in [4.78, 5) is 12.7. The lowest BCUT2D eigenvalue weighted by Crippen LogP contribution is -2.56. The Morgan fingerprint density at radius 1 is 1.20 bits per heavy atom. The smallest absolute Gasteiger partial charge is 0.172 e. The zero-order chi connectivity index (χ0) is 18.3. The largest absolute Gasteiger partial charge is 0.349 e. The first-order chi connectivity index (χ1) is 11.7. The molecular weight excluding hydrogens is 312 g/mol. The molecule has 0 unspecified atom stereocenters. The Hall–Kier alpha value is -0.930. The molecule has 1 aliphatic heterocycles. The second-order valence-electron chi connectivity index (χ2n) is 9.46. The highest BCUT2D eigenvalue weighted by Gasteiger charge is 2.64. The van der Waals surface area contributed by atoms with Gasteiger partial charge in [-0.2, -0.15) is 0 Å². The molecule has 0 radical (unpaired) electrons. The van der Waals surface area contributed by atoms with Crippen LogP contribution in [-0.4, -0.2) is 24.8 Å². The summed E-state index contributed by atoms with van der Waals surface area (Å²) in [5, 5.41) is 0. The van der Waals surface area contributed by atoms with E-state index in [0.717, 1.165) is 38.5 Å². The number of ketones is 1. The van der Waals surface area contributed by atoms with Gasteiger partial charge in [0.2, 0.25) is 0 Å². The molecule has 3 atom stereocenters. The number of ether oxygens (including phenoxy) is 2. The van der Waals surface area contributed by atoms with Crippen molar-refractivity contribution in [1.82, 2.24) is 0 Å². The van der Waals surface area contributed by atoms with Crippen LogP contribution in [0.1, 0.15) is 65.7 Å². The van der Waals surface area contributed by atoms with Crippen LogP contribution in [0.5, 0.6) is 0 Å². The maximum atomic E-state index is 12.7. The SMILES string of the molecule is C=CC(=O)[C@@H]1CCC[C@@]2(CCC(=C)C)CCC3(OCC(C)(C)CO3)[C@@H]12. The molecule has 0 amide bonds. The Balaban J connectivity index is 1.94. The van der Waals surface area contributed by atoms with E-state index in [9.17, 15) is 4.79 Å². The average Bonchev–Trinajstić information content (AvgIpc) is 2.91. The van der Waals surface area contributed by atoms with Gasteiger partial charge in [0.1, 0.15) is 0 Å². The van der Waals surface area contributed by atoms with Gasteiger partial charge in [0.05, 0.1) is 13.2 Å². The standard InChI is InChI=1S/C22H34O3/c1-6-18(23)17-8-7-10-21(11-9-16(2)3)12-13-22(19(17)21)24-14-20(4,5)15-25-22/h6,17,19H,1-2,7-15H2,3-5H3/t17-,19-,21+/m0/s1. The molecule has 1 spiro atoms. The van der Waals surface area contributed by atoms with Crippen LogP contribution in [0.15, 0.2) is 24.8 Å². The number of allylic oxidation sites excluding steroid dienone is 2. The second kappa shape index (κ2) is 6.66. The molecule has 2 aliphatic carbocycles. The first kappa shape index (κ1) is 18.8. The van der Waals surface area contributed by atoms with Crippen molar-refractivity contribution >= 4 is 5.78 Å². The van der Waals surface area contributed by atoms with Crippen LogP contribution >= 0.6 is 0 Å². The fourth-order valence-corrected chi connectivity index (χ4v) is 5.42. The molecular formula is C22H34O3. The summed E-state index contributed by atoms with van der Waals surface area (Å²) in [6.07, 6.45) is 8.83. The number of carbonyl (C=O) groups is 1. The van der Waals surface area contributed by atoms with E-state index in [1.807, 2.05) is 0 Å². The average molecular weight is 347 g/mol. The van der Waals surface area contributed by atoms with Crippen molar-refractivity contribution in [2.75, 3.05) is 13.2 Å². The number of hydrogen-bond donors (Lipinski definition) is 0. The minimum Gasteiger partial charge on any atom is -0.349 e. The van der Waals surface area contributed by atoms with E-state index in [4.69, 9.17) is 9.47 Å². The van der Waals surface area contributed by atoms with E-state index in [0.29, 0.717) is 13.2 Å². The van der Waals surface area contributed by atoms with Gasteiger partial charge in [0.25, 0.3) is 0 Å². The summed E-state index contributed by atoms with van der Waals surface area (Å²) >= 11 is 0. The highest BCUT2D eigenvalue weighted by atomic mass is 16.7. The Morgan fingerprint density at radius 2 is 1.88 bits per heavy atom. The van der Waals surface area contributed by atoms with E-state index < -0.39 is 5.79 Å². The van der Waals surface area contributed by atoms with Crippen molar-refractivity contribution in [2.24, 2.45) is 22.7 Å². The molecule has 0 aromatic rings. The molecule has 3 heteroatoms. The van der Waals surface area contributed by atoms with Crippen LogP contribution in [0.2, 0.25) is 0 Å². The zero-order valence-corrected chi connectivity index (χ0v) is 16.2. The van der Waals surface area contributed by atoms with Crippen molar-refractivity contribution in [2.45, 2.75) is 71.5 Å². The summed E-state index contributed by atoms with van der Waals surface area (Å²) in [5.74, 6) is -0.272. The third kappa shape index (κ3) is 3.38. The molecule has 0 aromatic heterocycles. The van der Waals surface area contributed by atoms with Crippen LogP contribution in [-0.2, 0) is 14.3 Å². The summed E-state index contributed by atoms with van der Waals surface area (Å²) in [7, 11) is 0. The lowest BCUT2D eigenvalue weighted by molar-refractivity contribution is -0.328. The van der Waals surface area contributed by atoms with Crippen molar-refractivity contribution in [1.29, 1.82) is 0 Å². The molecule has 3 rings (SSSR count). The van der Waals surface area contributed by atoms with Crippen LogP contribution in [0.4, 0.5) is 0 Å². The third-order valence-electron chi connectivity index (χ3n) is 6.73. The molecule has 3 aliphatic rings. The number of hydrogen-bond acceptors (Lipinski definition) is 3. The number of carbonyl (C=O) groups excluding carboxylic acids is 1. The second-order valence-corrected chi connectivity index (χ2v) is 9.46. The number of fused-ring (bicyclic) bond motifs is 2. The first-order valence-corrected chi connectivity index (χ1v) is 9.82. The fraction of sp³-hybridized carbons (Fsp3) is 0.773. The van der Waals surface area contributed by atoms with Gasteiger partial charge in [-0.3, -0.25) is 4.79 Å². The van der Waals surface area contributed by atoms with Crippen LogP contribution < -0.4 is 0 Å². The van der Waals surface area contributed by atoms with E-state index in [-0.39, 0.29) is 28.4 Å². The molecule has 1 saturated heterocycles. The Labute approximate surface area is 152 Å². The molecule has 25 heavy (non-hydrogen) atoms. The number of rotatable bonds is 5. The van der Waals surface area contributed by atoms with Gasteiger partial charge in [-0.1, -0.05) is 32.4 Å². The maximum absolute atomic E-state index is 12.7. The van der Waals surface area contributed by atoms with Crippen molar-refractivity contribution in [3.05, 3.63) is 24.8 Å². The van der Waals surface area contributed by atoms with E-state index in [1.54, 1.807) is 0 Å². The van der Waals surface area contributed by atoms with Gasteiger partial charge in [0, 0.05) is 23.7 Å². The van der Waals surface area contributed by atoms with Crippen LogP contribution in [0, 0.1) is 22.7 Å². The van der Waals surface area contributed by atoms with E-state index in [2.05, 4.69) is 33.9 Å². The molecule has 1 heterocycles. The summed E-state index contributed by atoms with van der Waals surface area (Å²) in [5.41, 5.74) is 1.40. The van der Waals surface area contributed by atoms with Crippen LogP contribution in [0.3, 0.4) is 0 Å². The lowest BCUT2D eigenvalue weighted by Gasteiger charge is -2.52. The van der Waals surface area contributed by atoms with Crippen LogP contribution in [0.25, 0.3) is 0 Å². The maximum Gasteiger partial charge on any atom is 0.172 e. The Kier molecular flexibility index (Phi) is 5.02. The third-order valence-corrected chi connectivity index (χ3v) is 6.73. The quantitative estimate of drug-likeness (QED) is 0.515. The molecule has 0 aromatic carbocycles. The van der Waals surface area contributed by atoms with Crippen molar-refractivity contribution < 1.29 is 14.3 Å². The van der Waals surface area contributed by atoms with Crippen molar-refractivity contribution in [3.8, 4) is 0 Å². The fourth-order valence-electron chi connectivity index (χ4n) is 5.42. The highest BCUT2D eigenvalue weighted by Crippen LogP contribution is 2.63. The Bertz CT molecular complexity index is 552. The Morgan fingerprint density at radius 3 is 2.48 bits per heavy atom. The van der Waals surface area contributed by atoms with E-state index >= 15 is 0 Å². The van der Waals surface area contributed by atoms with E-state index in [1.165, 1.54) is 18.1 Å². The monoisotopic (exact) mass is 346 g/mol. The minimum absolute atomic E-state index is 0.0138. The molecule has 0 N–H and O–H groups in total. The normalized spacial score (nSPS) is 36.0. The van der Waals surface area contributed by atoms with Gasteiger partial charge in [-0.05, 0) is 50.5 Å². The van der Waals surface area contributed by atoms with Gasteiger partial charge in [0.15, 0.2) is 11.6 Å². The van der Waals surface area contributed by atoms with Gasteiger partial charge < -0.3 is 9.47 Å². The minimum atomic E-state index is -0.575. The predicted octanol–water partition coefficient (Wildman–Crippen LogP) is 5.06. The van der Waals surface area contributed by atoms with Crippen molar-refractivity contribution in [3.63, 3.8) is 0 Å². The first-order valence-electron chi connectivity index (χ1n) is 9.82. The molecule has 140 valence electrons. The lowest BCUT2D eigenvalue weighted by atomic mass is 9.59. The summed E-state index contributed by atoms with van der Waals surface area (Å²) in [6.45, 7) is 15.7. The predicted molar refractivity (Wildman–Crippen MR) is 100 cm³/mol. The summed E-state index contributed by atoms with van der Waals surface area (Å²) < 4.78 is 12.9. The molecule has 3 fully saturated rings. The molecule has 0 bridgehead atoms. The topological polar surface area (TPSA) is 35.5 Å². The van der Waals surface area contributed by atoms with Gasteiger partial charge in [-0.15, -0.1) is 6.58 Å². The molecule has 3 nitrogen and oxygen atoms in total. The zero-order valence-electron chi connectivity index (χ0n) is 16.2. The van der Waals surface area contributed by atoms with Gasteiger partial charge >= 0.3 is 0 Å². The summed E-state index contributed by atoms with van der Waals surface area (Å²) in [6, 6.07) is 0. The molecule has 2 saturated carbocycles. The van der Waals surface area contributed by atoms with Gasteiger partial charge in [-0.25, -0.2) is 0 Å².